The van der Waals surface area contributed by atoms with Crippen LogP contribution < -0.4 is 0 Å². The summed E-state index contributed by atoms with van der Waals surface area (Å²) in [5.74, 6) is 0. The number of nitrogens with zero attached hydrogens (tertiary/aromatic N) is 1. The molecule has 9 heavy (non-hydrogen) atoms. The van der Waals surface area contributed by atoms with Gasteiger partial charge in [0.15, 0.2) is 0 Å². The Hall–Kier alpha value is 0.0249. The molecule has 0 amide bonds. The first-order chi connectivity index (χ1) is 4.47. The van der Waals surface area contributed by atoms with Crippen molar-refractivity contribution in [3.63, 3.8) is 0 Å². The molecular formula is C7H14BN. The fourth-order valence-electron chi connectivity index (χ4n) is 1.72. The highest BCUT2D eigenvalue weighted by molar-refractivity contribution is 6.66. The molecule has 50 valence electrons. The van der Waals surface area contributed by atoms with Gasteiger partial charge in [-0.1, -0.05) is 19.1 Å². The fraction of sp³-hybridized carbons (Fsp3) is 1.00. The van der Waals surface area contributed by atoms with E-state index in [4.69, 9.17) is 0 Å². The van der Waals surface area contributed by atoms with Crippen molar-refractivity contribution in [1.29, 1.82) is 0 Å². The molecule has 2 heterocycles. The molecule has 0 aromatic heterocycles. The summed E-state index contributed by atoms with van der Waals surface area (Å²) in [6, 6.07) is 0. The van der Waals surface area contributed by atoms with E-state index in [1.807, 2.05) is 0 Å². The lowest BCUT2D eigenvalue weighted by Gasteiger charge is -2.25. The maximum absolute atomic E-state index is 2.67. The van der Waals surface area contributed by atoms with Gasteiger partial charge in [0.1, 0.15) is 0 Å². The van der Waals surface area contributed by atoms with Gasteiger partial charge in [-0.05, 0) is 25.9 Å². The maximum atomic E-state index is 2.67. The third kappa shape index (κ3) is 1.29. The lowest BCUT2D eigenvalue weighted by molar-refractivity contribution is 0.359. The Bertz CT molecular complexity index is 95.1. The van der Waals surface area contributed by atoms with Gasteiger partial charge in [-0.15, -0.1) is 0 Å². The van der Waals surface area contributed by atoms with Gasteiger partial charge in [-0.3, -0.25) is 0 Å². The van der Waals surface area contributed by atoms with E-state index in [0.29, 0.717) is 0 Å². The summed E-state index contributed by atoms with van der Waals surface area (Å²) in [5, 5.41) is 0. The third-order valence-electron chi connectivity index (χ3n) is 2.45. The Morgan fingerprint density at radius 2 is 1.56 bits per heavy atom. The van der Waals surface area contributed by atoms with Crippen molar-refractivity contribution in [3.05, 3.63) is 0 Å². The van der Waals surface area contributed by atoms with Crippen LogP contribution in [0.2, 0.25) is 12.6 Å². The van der Waals surface area contributed by atoms with Gasteiger partial charge < -0.3 is 4.81 Å². The molecule has 0 aromatic carbocycles. The molecule has 2 aliphatic heterocycles. The highest BCUT2D eigenvalue weighted by atomic mass is 15.1. The molecule has 2 aliphatic rings. The van der Waals surface area contributed by atoms with E-state index in [9.17, 15) is 0 Å². The molecule has 0 spiro atoms. The summed E-state index contributed by atoms with van der Waals surface area (Å²) in [7, 11) is 0. The Kier molecular flexibility index (Phi) is 1.50. The summed E-state index contributed by atoms with van der Waals surface area (Å²) in [6.45, 7) is 3.81. The zero-order valence-corrected chi connectivity index (χ0v) is 5.97. The SMILES string of the molecule is C1CCN(B2CC2)CC1. The minimum atomic E-state index is 1.02. The standard InChI is InChI=1S/C7H14BN/c1-2-6-9(7-3-1)8-4-5-8/h1-7H2. The molecule has 0 unspecified atom stereocenters. The third-order valence-corrected chi connectivity index (χ3v) is 2.45. The quantitative estimate of drug-likeness (QED) is 0.477. The van der Waals surface area contributed by atoms with Crippen LogP contribution in [0.1, 0.15) is 19.3 Å². The minimum absolute atomic E-state index is 1.02. The van der Waals surface area contributed by atoms with Crippen molar-refractivity contribution in [1.82, 2.24) is 4.81 Å². The Morgan fingerprint density at radius 3 is 2.11 bits per heavy atom. The van der Waals surface area contributed by atoms with E-state index in [2.05, 4.69) is 4.81 Å². The highest BCUT2D eigenvalue weighted by Gasteiger charge is 2.33. The first-order valence-electron chi connectivity index (χ1n) is 4.21. The summed E-state index contributed by atoms with van der Waals surface area (Å²) < 4.78 is 0. The second-order valence-electron chi connectivity index (χ2n) is 3.33. The number of hydrogen-bond donors (Lipinski definition) is 0. The molecule has 2 rings (SSSR count). The number of rotatable bonds is 1. The minimum Gasteiger partial charge on any atom is -0.342 e. The molecule has 2 saturated heterocycles. The van der Waals surface area contributed by atoms with Crippen molar-refractivity contribution in [2.75, 3.05) is 13.1 Å². The second kappa shape index (κ2) is 2.33. The van der Waals surface area contributed by atoms with Crippen molar-refractivity contribution in [2.24, 2.45) is 0 Å². The molecule has 1 nitrogen and oxygen atoms in total. The van der Waals surface area contributed by atoms with Crippen LogP contribution in [0.4, 0.5) is 0 Å². The number of piperidine rings is 1. The largest absolute Gasteiger partial charge is 0.342 e. The molecule has 0 N–H and O–H groups in total. The Labute approximate surface area is 57.5 Å². The molecule has 0 radical (unpaired) electrons. The van der Waals surface area contributed by atoms with Crippen LogP contribution >= 0.6 is 0 Å². The zero-order chi connectivity index (χ0) is 6.10. The van der Waals surface area contributed by atoms with Gasteiger partial charge in [0.25, 0.3) is 0 Å². The lowest BCUT2D eigenvalue weighted by Crippen LogP contribution is -2.34. The van der Waals surface area contributed by atoms with Crippen LogP contribution in [0.15, 0.2) is 0 Å². The molecule has 2 fully saturated rings. The van der Waals surface area contributed by atoms with E-state index in [-0.39, 0.29) is 0 Å². The maximum Gasteiger partial charge on any atom is 0.221 e. The fourth-order valence-corrected chi connectivity index (χ4v) is 1.72. The van der Waals surface area contributed by atoms with E-state index in [1.54, 1.807) is 0 Å². The summed E-state index contributed by atoms with van der Waals surface area (Å²) in [4.78, 5) is 2.67. The summed E-state index contributed by atoms with van der Waals surface area (Å²) in [6.07, 6.45) is 7.36. The Morgan fingerprint density at radius 1 is 0.889 bits per heavy atom. The van der Waals surface area contributed by atoms with Gasteiger partial charge in [0.2, 0.25) is 6.85 Å². The van der Waals surface area contributed by atoms with Gasteiger partial charge in [-0.2, -0.15) is 0 Å². The van der Waals surface area contributed by atoms with Crippen molar-refractivity contribution < 1.29 is 0 Å². The van der Waals surface area contributed by atoms with Crippen molar-refractivity contribution in [2.45, 2.75) is 31.9 Å². The van der Waals surface area contributed by atoms with E-state index in [1.165, 1.54) is 45.0 Å². The first kappa shape index (κ1) is 5.78. The van der Waals surface area contributed by atoms with Crippen LogP contribution in [-0.2, 0) is 0 Å². The van der Waals surface area contributed by atoms with Crippen LogP contribution in [0.25, 0.3) is 0 Å². The van der Waals surface area contributed by atoms with Gasteiger partial charge in [0, 0.05) is 0 Å². The van der Waals surface area contributed by atoms with E-state index in [0.717, 1.165) is 6.85 Å². The molecule has 2 heteroatoms. The van der Waals surface area contributed by atoms with Crippen LogP contribution in [0.5, 0.6) is 0 Å². The van der Waals surface area contributed by atoms with Gasteiger partial charge in [-0.25, -0.2) is 0 Å². The van der Waals surface area contributed by atoms with Crippen molar-refractivity contribution in [3.8, 4) is 0 Å². The van der Waals surface area contributed by atoms with Gasteiger partial charge >= 0.3 is 0 Å². The molecule has 0 aliphatic carbocycles. The predicted molar refractivity (Wildman–Crippen MR) is 40.8 cm³/mol. The molecule has 0 saturated carbocycles. The predicted octanol–water partition coefficient (Wildman–Crippen LogP) is 1.48. The van der Waals surface area contributed by atoms with Crippen LogP contribution in [0, 0.1) is 0 Å². The van der Waals surface area contributed by atoms with E-state index < -0.39 is 0 Å². The first-order valence-corrected chi connectivity index (χ1v) is 4.21. The smallest absolute Gasteiger partial charge is 0.221 e. The Balaban J connectivity index is 1.80. The average Bonchev–Trinajstić information content (AvgIpc) is 2.71. The highest BCUT2D eigenvalue weighted by Crippen LogP contribution is 2.27. The molecule has 0 atom stereocenters. The van der Waals surface area contributed by atoms with E-state index >= 15 is 0 Å². The van der Waals surface area contributed by atoms with Gasteiger partial charge in [0.05, 0.1) is 0 Å². The van der Waals surface area contributed by atoms with Crippen LogP contribution in [-0.4, -0.2) is 24.7 Å². The number of hydrogen-bond acceptors (Lipinski definition) is 1. The molecular weight excluding hydrogens is 109 g/mol. The zero-order valence-electron chi connectivity index (χ0n) is 5.97. The molecule has 0 bridgehead atoms. The normalized spacial score (nSPS) is 28.7. The topological polar surface area (TPSA) is 3.24 Å². The monoisotopic (exact) mass is 123 g/mol. The van der Waals surface area contributed by atoms with Crippen molar-refractivity contribution >= 4 is 6.85 Å². The summed E-state index contributed by atoms with van der Waals surface area (Å²) in [5.41, 5.74) is 0. The van der Waals surface area contributed by atoms with Crippen LogP contribution in [0.3, 0.4) is 0 Å². The second-order valence-corrected chi connectivity index (χ2v) is 3.33. The molecule has 0 aromatic rings. The average molecular weight is 123 g/mol. The lowest BCUT2D eigenvalue weighted by atomic mass is 9.82. The summed E-state index contributed by atoms with van der Waals surface area (Å²) >= 11 is 0.